The molecule has 5 nitrogen and oxygen atoms in total. The second kappa shape index (κ2) is 11.3. The first-order valence-electron chi connectivity index (χ1n) is 10.2. The number of nitrogens with one attached hydrogen (secondary N) is 1. The number of hydrogen-bond acceptors (Lipinski definition) is 3. The molecular weight excluding hydrogens is 352 g/mol. The molecule has 28 heavy (non-hydrogen) atoms. The van der Waals surface area contributed by atoms with E-state index in [2.05, 4.69) is 12.2 Å². The van der Waals surface area contributed by atoms with Crippen LogP contribution in [0.25, 0.3) is 0 Å². The van der Waals surface area contributed by atoms with Crippen LogP contribution in [0.2, 0.25) is 0 Å². The van der Waals surface area contributed by atoms with E-state index in [9.17, 15) is 9.59 Å². The first kappa shape index (κ1) is 21.7. The summed E-state index contributed by atoms with van der Waals surface area (Å²) in [6, 6.07) is 11.4. The summed E-state index contributed by atoms with van der Waals surface area (Å²) in [5, 5.41) is 2.96. The molecule has 0 aliphatic heterocycles. The number of carbonyl (C=O) groups excluding carboxylic acids is 1. The van der Waals surface area contributed by atoms with Crippen LogP contribution in [0.5, 0.6) is 5.75 Å². The summed E-state index contributed by atoms with van der Waals surface area (Å²) >= 11 is 0. The van der Waals surface area contributed by atoms with Gasteiger partial charge in [-0.05, 0) is 25.8 Å². The fourth-order valence-corrected chi connectivity index (χ4v) is 3.29. The number of aryl methyl sites for hydroxylation is 1. The number of hydrogen-bond donors (Lipinski definition) is 1. The Morgan fingerprint density at radius 2 is 1.86 bits per heavy atom. The summed E-state index contributed by atoms with van der Waals surface area (Å²) in [7, 11) is 0. The number of pyridine rings is 1. The molecule has 2 rings (SSSR count). The lowest BCUT2D eigenvalue weighted by molar-refractivity contribution is -0.121. The van der Waals surface area contributed by atoms with E-state index in [0.717, 1.165) is 42.6 Å². The highest BCUT2D eigenvalue weighted by Gasteiger charge is 2.16. The molecular formula is C23H32N2O3. The molecule has 0 atom stereocenters. The highest BCUT2D eigenvalue weighted by atomic mass is 16.5. The van der Waals surface area contributed by atoms with Crippen molar-refractivity contribution in [3.63, 3.8) is 0 Å². The van der Waals surface area contributed by atoms with Gasteiger partial charge in [0.1, 0.15) is 6.61 Å². The van der Waals surface area contributed by atoms with E-state index in [1.54, 1.807) is 6.07 Å². The van der Waals surface area contributed by atoms with Crippen molar-refractivity contribution in [3.05, 3.63) is 63.6 Å². The Morgan fingerprint density at radius 3 is 2.54 bits per heavy atom. The van der Waals surface area contributed by atoms with Crippen LogP contribution in [0.4, 0.5) is 0 Å². The van der Waals surface area contributed by atoms with Crippen molar-refractivity contribution in [1.29, 1.82) is 0 Å². The largest absolute Gasteiger partial charge is 0.483 e. The molecule has 1 amide bonds. The second-order valence-electron chi connectivity index (χ2n) is 7.03. The van der Waals surface area contributed by atoms with E-state index in [1.165, 1.54) is 0 Å². The Bertz CT molecular complexity index is 813. The molecule has 0 bridgehead atoms. The van der Waals surface area contributed by atoms with E-state index in [0.29, 0.717) is 31.9 Å². The van der Waals surface area contributed by atoms with E-state index >= 15 is 0 Å². The average molecular weight is 385 g/mol. The van der Waals surface area contributed by atoms with Gasteiger partial charge in [-0.25, -0.2) is 0 Å². The summed E-state index contributed by atoms with van der Waals surface area (Å²) in [5.41, 5.74) is 2.44. The van der Waals surface area contributed by atoms with Gasteiger partial charge in [-0.3, -0.25) is 9.59 Å². The molecule has 5 heteroatoms. The number of unbranched alkanes of at least 4 members (excludes halogenated alkanes) is 3. The molecule has 152 valence electrons. The highest BCUT2D eigenvalue weighted by Crippen LogP contribution is 2.18. The minimum atomic E-state index is -0.148. The number of ether oxygens (including phenoxy) is 1. The van der Waals surface area contributed by atoms with Crippen molar-refractivity contribution in [2.24, 2.45) is 0 Å². The molecule has 1 N–H and O–H groups in total. The molecule has 0 saturated heterocycles. The minimum absolute atomic E-state index is 0.0155. The van der Waals surface area contributed by atoms with E-state index in [1.807, 2.05) is 48.7 Å². The molecule has 2 aromatic rings. The van der Waals surface area contributed by atoms with Crippen LogP contribution >= 0.6 is 0 Å². The maximum absolute atomic E-state index is 12.6. The van der Waals surface area contributed by atoms with Crippen molar-refractivity contribution in [1.82, 2.24) is 9.88 Å². The Morgan fingerprint density at radius 1 is 1.11 bits per heavy atom. The van der Waals surface area contributed by atoms with Crippen LogP contribution in [0.3, 0.4) is 0 Å². The number of carbonyl (C=O) groups is 1. The fraction of sp³-hybridized carbons (Fsp3) is 0.478. The quantitative estimate of drug-likeness (QED) is 0.586. The van der Waals surface area contributed by atoms with Crippen LogP contribution in [-0.2, 0) is 24.5 Å². The van der Waals surface area contributed by atoms with Crippen molar-refractivity contribution >= 4 is 5.91 Å². The predicted molar refractivity (Wildman–Crippen MR) is 112 cm³/mol. The molecule has 1 heterocycles. The Balaban J connectivity index is 2.13. The maximum atomic E-state index is 12.6. The number of aromatic nitrogens is 1. The van der Waals surface area contributed by atoms with Gasteiger partial charge in [-0.1, -0.05) is 56.5 Å². The molecule has 0 saturated carbocycles. The van der Waals surface area contributed by atoms with E-state index in [4.69, 9.17) is 4.74 Å². The zero-order chi connectivity index (χ0) is 20.4. The van der Waals surface area contributed by atoms with Crippen molar-refractivity contribution in [2.75, 3.05) is 0 Å². The first-order valence-corrected chi connectivity index (χ1v) is 10.2. The zero-order valence-electron chi connectivity index (χ0n) is 17.3. The van der Waals surface area contributed by atoms with E-state index in [-0.39, 0.29) is 11.3 Å². The summed E-state index contributed by atoms with van der Waals surface area (Å²) in [6.45, 7) is 7.40. The smallest absolute Gasteiger partial charge is 0.224 e. The standard InChI is InChI=1S/C23H32N2O3/c1-4-6-7-11-14-22(27)24-16-20-23(21(26)15-18(3)25(20)5-2)28-17-19-12-9-8-10-13-19/h8-10,12-13,15H,4-7,11,14,16-17H2,1-3H3,(H,24,27). The second-order valence-corrected chi connectivity index (χ2v) is 7.03. The molecule has 0 unspecified atom stereocenters. The topological polar surface area (TPSA) is 60.3 Å². The molecule has 0 spiro atoms. The Labute approximate surface area is 167 Å². The van der Waals surface area contributed by atoms with Crippen molar-refractivity contribution in [2.45, 2.75) is 72.6 Å². The summed E-state index contributed by atoms with van der Waals surface area (Å²) in [4.78, 5) is 24.8. The van der Waals surface area contributed by atoms with Crippen LogP contribution in [0.1, 0.15) is 62.9 Å². The van der Waals surface area contributed by atoms with E-state index < -0.39 is 0 Å². The van der Waals surface area contributed by atoms with Gasteiger partial charge in [0.25, 0.3) is 0 Å². The third-order valence-electron chi connectivity index (χ3n) is 4.83. The van der Waals surface area contributed by atoms with Gasteiger partial charge in [-0.15, -0.1) is 0 Å². The van der Waals surface area contributed by atoms with Gasteiger partial charge in [0.15, 0.2) is 5.75 Å². The third kappa shape index (κ3) is 6.25. The highest BCUT2D eigenvalue weighted by molar-refractivity contribution is 5.75. The number of benzene rings is 1. The number of nitrogens with zero attached hydrogens (tertiary/aromatic N) is 1. The number of amides is 1. The van der Waals surface area contributed by atoms with Crippen LogP contribution in [0, 0.1) is 6.92 Å². The van der Waals surface area contributed by atoms with Gasteiger partial charge >= 0.3 is 0 Å². The Hall–Kier alpha value is -2.56. The van der Waals surface area contributed by atoms with Crippen molar-refractivity contribution < 1.29 is 9.53 Å². The average Bonchev–Trinajstić information content (AvgIpc) is 2.69. The SMILES string of the molecule is CCCCCCC(=O)NCc1c(OCc2ccccc2)c(=O)cc(C)n1CC. The molecule has 1 aromatic heterocycles. The fourth-order valence-electron chi connectivity index (χ4n) is 3.29. The predicted octanol–water partition coefficient (Wildman–Crippen LogP) is 4.34. The molecule has 0 radical (unpaired) electrons. The summed E-state index contributed by atoms with van der Waals surface area (Å²) in [5.74, 6) is 0.337. The van der Waals surface area contributed by atoms with Crippen LogP contribution in [-0.4, -0.2) is 10.5 Å². The zero-order valence-corrected chi connectivity index (χ0v) is 17.3. The Kier molecular flexibility index (Phi) is 8.79. The van der Waals surface area contributed by atoms with Gasteiger partial charge in [-0.2, -0.15) is 0 Å². The van der Waals surface area contributed by atoms with Gasteiger partial charge < -0.3 is 14.6 Å². The lowest BCUT2D eigenvalue weighted by Gasteiger charge is -2.19. The van der Waals surface area contributed by atoms with Gasteiger partial charge in [0.05, 0.1) is 12.2 Å². The molecule has 1 aromatic carbocycles. The molecule has 0 aliphatic carbocycles. The maximum Gasteiger partial charge on any atom is 0.224 e. The van der Waals surface area contributed by atoms with Crippen LogP contribution in [0.15, 0.2) is 41.2 Å². The minimum Gasteiger partial charge on any atom is -0.483 e. The summed E-state index contributed by atoms with van der Waals surface area (Å²) in [6.07, 6.45) is 4.78. The summed E-state index contributed by atoms with van der Waals surface area (Å²) < 4.78 is 7.94. The lowest BCUT2D eigenvalue weighted by atomic mass is 10.1. The van der Waals surface area contributed by atoms with Gasteiger partial charge in [0.2, 0.25) is 11.3 Å². The lowest BCUT2D eigenvalue weighted by Crippen LogP contribution is -2.28. The van der Waals surface area contributed by atoms with Gasteiger partial charge in [0, 0.05) is 24.7 Å². The molecule has 0 aliphatic rings. The first-order chi connectivity index (χ1) is 13.6. The number of rotatable bonds is 11. The monoisotopic (exact) mass is 384 g/mol. The third-order valence-corrected chi connectivity index (χ3v) is 4.83. The van der Waals surface area contributed by atoms with Crippen LogP contribution < -0.4 is 15.5 Å². The van der Waals surface area contributed by atoms with Crippen molar-refractivity contribution in [3.8, 4) is 5.75 Å². The molecule has 0 fully saturated rings. The normalized spacial score (nSPS) is 10.7.